The van der Waals surface area contributed by atoms with Crippen molar-refractivity contribution >= 4 is 6.09 Å². The molecule has 1 aliphatic heterocycles. The molecule has 8 nitrogen and oxygen atoms in total. The molecule has 0 aromatic heterocycles. The SMILES string of the molecule is CCOC(=O)N1CC=C2C(N)=C(C#N)C(C#N)(C#N)[C@@H](c3ccccc3OC)[C@@H]2C1. The van der Waals surface area contributed by atoms with Crippen molar-refractivity contribution < 1.29 is 14.3 Å². The summed E-state index contributed by atoms with van der Waals surface area (Å²) in [5, 5.41) is 30.1. The number of nitriles is 3. The molecule has 2 aliphatic rings. The summed E-state index contributed by atoms with van der Waals surface area (Å²) in [7, 11) is 1.50. The maximum Gasteiger partial charge on any atom is 0.410 e. The van der Waals surface area contributed by atoms with Crippen molar-refractivity contribution in [3.8, 4) is 24.0 Å². The number of rotatable bonds is 3. The Balaban J connectivity index is 2.28. The normalized spacial score (nSPS) is 22.0. The highest BCUT2D eigenvalue weighted by atomic mass is 16.6. The summed E-state index contributed by atoms with van der Waals surface area (Å²) in [6.07, 6.45) is 1.28. The van der Waals surface area contributed by atoms with E-state index in [0.29, 0.717) is 16.9 Å². The molecule has 0 bridgehead atoms. The number of carbonyl (C=O) groups is 1. The fourth-order valence-corrected chi connectivity index (χ4v) is 4.34. The lowest BCUT2D eigenvalue weighted by Gasteiger charge is -2.45. The molecule has 1 aromatic carbocycles. The number of ether oxygens (including phenoxy) is 2. The zero-order valence-electron chi connectivity index (χ0n) is 16.8. The lowest BCUT2D eigenvalue weighted by Crippen LogP contribution is -2.49. The third kappa shape index (κ3) is 3.02. The minimum absolute atomic E-state index is 0.0736. The van der Waals surface area contributed by atoms with Crippen molar-refractivity contribution in [3.05, 3.63) is 52.7 Å². The average Bonchev–Trinajstić information content (AvgIpc) is 2.78. The number of nitrogens with two attached hydrogens (primary N) is 1. The van der Waals surface area contributed by atoms with E-state index in [4.69, 9.17) is 15.2 Å². The van der Waals surface area contributed by atoms with E-state index in [0.717, 1.165) is 0 Å². The molecule has 1 amide bonds. The number of hydrogen-bond acceptors (Lipinski definition) is 7. The predicted molar refractivity (Wildman–Crippen MR) is 106 cm³/mol. The van der Waals surface area contributed by atoms with Gasteiger partial charge in [0.05, 0.1) is 43.2 Å². The Morgan fingerprint density at radius 2 is 2.00 bits per heavy atom. The topological polar surface area (TPSA) is 136 Å². The molecule has 3 rings (SSSR count). The number of para-hydroxylation sites is 1. The van der Waals surface area contributed by atoms with Crippen molar-refractivity contribution in [2.24, 2.45) is 17.1 Å². The van der Waals surface area contributed by atoms with E-state index in [1.165, 1.54) is 12.0 Å². The van der Waals surface area contributed by atoms with Crippen LogP contribution in [-0.4, -0.2) is 37.8 Å². The molecule has 8 heteroatoms. The lowest BCUT2D eigenvalue weighted by atomic mass is 9.57. The number of amides is 1. The second kappa shape index (κ2) is 8.19. The summed E-state index contributed by atoms with van der Waals surface area (Å²) in [4.78, 5) is 13.9. The molecule has 2 atom stereocenters. The van der Waals surface area contributed by atoms with Crippen LogP contribution in [0.25, 0.3) is 0 Å². The van der Waals surface area contributed by atoms with E-state index >= 15 is 0 Å². The molecule has 0 saturated carbocycles. The van der Waals surface area contributed by atoms with Crippen molar-refractivity contribution in [1.29, 1.82) is 15.8 Å². The smallest absolute Gasteiger partial charge is 0.410 e. The van der Waals surface area contributed by atoms with Gasteiger partial charge in [-0.15, -0.1) is 0 Å². The molecule has 1 aliphatic carbocycles. The summed E-state index contributed by atoms with van der Waals surface area (Å²) < 4.78 is 10.6. The highest BCUT2D eigenvalue weighted by molar-refractivity contribution is 5.69. The number of nitrogens with zero attached hydrogens (tertiary/aromatic N) is 4. The van der Waals surface area contributed by atoms with Crippen molar-refractivity contribution in [2.75, 3.05) is 26.8 Å². The molecule has 1 heterocycles. The van der Waals surface area contributed by atoms with Gasteiger partial charge in [-0.25, -0.2) is 4.79 Å². The van der Waals surface area contributed by atoms with Crippen molar-refractivity contribution in [3.63, 3.8) is 0 Å². The van der Waals surface area contributed by atoms with Gasteiger partial charge < -0.3 is 20.1 Å². The second-order valence-corrected chi connectivity index (χ2v) is 7.02. The van der Waals surface area contributed by atoms with Crippen LogP contribution in [0.2, 0.25) is 0 Å². The zero-order chi connectivity index (χ0) is 21.9. The van der Waals surface area contributed by atoms with Crippen LogP contribution < -0.4 is 10.5 Å². The van der Waals surface area contributed by atoms with Crippen LogP contribution in [0.4, 0.5) is 4.79 Å². The first kappa shape index (κ1) is 20.8. The van der Waals surface area contributed by atoms with Crippen LogP contribution in [0.15, 0.2) is 47.2 Å². The number of methoxy groups -OCH3 is 1. The average molecular weight is 403 g/mol. The van der Waals surface area contributed by atoms with Gasteiger partial charge in [-0.2, -0.15) is 15.8 Å². The van der Waals surface area contributed by atoms with Gasteiger partial charge in [0.2, 0.25) is 0 Å². The number of hydrogen-bond donors (Lipinski definition) is 1. The Morgan fingerprint density at radius 3 is 2.60 bits per heavy atom. The molecule has 152 valence electrons. The van der Waals surface area contributed by atoms with Gasteiger partial charge in [0.1, 0.15) is 5.75 Å². The van der Waals surface area contributed by atoms with Crippen LogP contribution >= 0.6 is 0 Å². The van der Waals surface area contributed by atoms with Gasteiger partial charge in [-0.05, 0) is 18.6 Å². The Bertz CT molecular complexity index is 1040. The summed E-state index contributed by atoms with van der Waals surface area (Å²) in [6.45, 7) is 2.40. The molecule has 0 saturated heterocycles. The first-order valence-electron chi connectivity index (χ1n) is 9.46. The van der Waals surface area contributed by atoms with Gasteiger partial charge in [0.25, 0.3) is 0 Å². The fourth-order valence-electron chi connectivity index (χ4n) is 4.34. The largest absolute Gasteiger partial charge is 0.496 e. The quantitative estimate of drug-likeness (QED) is 0.819. The fraction of sp³-hybridized carbons (Fsp3) is 0.364. The van der Waals surface area contributed by atoms with E-state index in [1.54, 1.807) is 37.3 Å². The number of carbonyl (C=O) groups excluding carboxylic acids is 1. The van der Waals surface area contributed by atoms with E-state index < -0.39 is 23.3 Å². The van der Waals surface area contributed by atoms with Gasteiger partial charge in [0, 0.05) is 30.5 Å². The van der Waals surface area contributed by atoms with E-state index in [-0.39, 0.29) is 31.0 Å². The summed E-state index contributed by atoms with van der Waals surface area (Å²) >= 11 is 0. The minimum Gasteiger partial charge on any atom is -0.496 e. The standard InChI is InChI=1S/C22H21N5O3/c1-3-30-21(28)27-9-8-14-16(11-27)19(15-6-4-5-7-18(15)29-2)22(12-24,13-25)17(10-23)20(14)26/h4-8,16,19H,3,9,11,26H2,1-2H3/t16-,19+/m1/s1. The molecule has 2 N–H and O–H groups in total. The maximum atomic E-state index is 12.4. The van der Waals surface area contributed by atoms with Crippen molar-refractivity contribution in [1.82, 2.24) is 4.90 Å². The Kier molecular flexibility index (Phi) is 5.67. The zero-order valence-corrected chi connectivity index (χ0v) is 16.8. The van der Waals surface area contributed by atoms with Gasteiger partial charge in [-0.1, -0.05) is 24.3 Å². The third-order valence-corrected chi connectivity index (χ3v) is 5.66. The predicted octanol–water partition coefficient (Wildman–Crippen LogP) is 2.58. The molecular formula is C22H21N5O3. The first-order valence-corrected chi connectivity index (χ1v) is 9.46. The highest BCUT2D eigenvalue weighted by Crippen LogP contribution is 2.56. The number of allylic oxidation sites excluding steroid dienone is 2. The van der Waals surface area contributed by atoms with E-state index in [1.807, 2.05) is 6.07 Å². The van der Waals surface area contributed by atoms with Gasteiger partial charge in [0.15, 0.2) is 5.41 Å². The summed E-state index contributed by atoms with van der Waals surface area (Å²) in [5.41, 5.74) is 5.77. The molecule has 0 spiro atoms. The van der Waals surface area contributed by atoms with Crippen LogP contribution in [0.3, 0.4) is 0 Å². The Morgan fingerprint density at radius 1 is 1.30 bits per heavy atom. The maximum absolute atomic E-state index is 12.4. The second-order valence-electron chi connectivity index (χ2n) is 7.02. The summed E-state index contributed by atoms with van der Waals surface area (Å²) in [6, 6.07) is 13.2. The molecule has 1 aromatic rings. The molecule has 0 fully saturated rings. The van der Waals surface area contributed by atoms with Crippen LogP contribution in [0.5, 0.6) is 5.75 Å². The van der Waals surface area contributed by atoms with E-state index in [2.05, 4.69) is 12.1 Å². The van der Waals surface area contributed by atoms with E-state index in [9.17, 15) is 20.6 Å². The monoisotopic (exact) mass is 403 g/mol. The van der Waals surface area contributed by atoms with Crippen LogP contribution in [0, 0.1) is 45.3 Å². The Hall–Kier alpha value is -3.96. The highest BCUT2D eigenvalue weighted by Gasteiger charge is 2.56. The molecular weight excluding hydrogens is 382 g/mol. The van der Waals surface area contributed by atoms with Crippen molar-refractivity contribution in [2.45, 2.75) is 12.8 Å². The lowest BCUT2D eigenvalue weighted by molar-refractivity contribution is 0.0998. The van der Waals surface area contributed by atoms with Gasteiger partial charge >= 0.3 is 6.09 Å². The molecule has 0 unspecified atom stereocenters. The number of fused-ring (bicyclic) bond motifs is 1. The van der Waals surface area contributed by atoms with Crippen LogP contribution in [0.1, 0.15) is 18.4 Å². The van der Waals surface area contributed by atoms with Crippen LogP contribution in [-0.2, 0) is 4.74 Å². The molecule has 30 heavy (non-hydrogen) atoms. The number of benzene rings is 1. The summed E-state index contributed by atoms with van der Waals surface area (Å²) in [5.74, 6) is -0.771. The Labute approximate surface area is 175 Å². The van der Waals surface area contributed by atoms with Gasteiger partial charge in [-0.3, -0.25) is 0 Å². The minimum atomic E-state index is -1.83. The first-order chi connectivity index (χ1) is 14.5. The third-order valence-electron chi connectivity index (χ3n) is 5.66. The molecule has 0 radical (unpaired) electrons.